The van der Waals surface area contributed by atoms with Crippen LogP contribution in [0.15, 0.2) is 17.5 Å². The van der Waals surface area contributed by atoms with E-state index in [2.05, 4.69) is 5.32 Å². The Labute approximate surface area is 135 Å². The highest BCUT2D eigenvalue weighted by Crippen LogP contribution is 2.19. The first-order valence-electron chi connectivity index (χ1n) is 8.05. The largest absolute Gasteiger partial charge is 0.339 e. The Hall–Kier alpha value is -1.40. The van der Waals surface area contributed by atoms with Crippen molar-refractivity contribution in [1.82, 2.24) is 15.1 Å². The van der Waals surface area contributed by atoms with Gasteiger partial charge >= 0.3 is 0 Å². The summed E-state index contributed by atoms with van der Waals surface area (Å²) >= 11 is 1.48. The van der Waals surface area contributed by atoms with Gasteiger partial charge in [0.2, 0.25) is 5.91 Å². The molecule has 3 heterocycles. The van der Waals surface area contributed by atoms with Crippen molar-refractivity contribution in [2.45, 2.75) is 19.3 Å². The third kappa shape index (κ3) is 3.67. The zero-order valence-electron chi connectivity index (χ0n) is 12.8. The maximum Gasteiger partial charge on any atom is 0.264 e. The molecule has 0 aromatic carbocycles. The molecule has 120 valence electrons. The SMILES string of the molecule is O=C(CC1CCNCC1)N1CCN(C(=O)c2cccs2)CC1. The molecule has 1 aromatic rings. The first-order valence-corrected chi connectivity index (χ1v) is 8.93. The fourth-order valence-electron chi connectivity index (χ4n) is 3.18. The van der Waals surface area contributed by atoms with Crippen LogP contribution in [-0.4, -0.2) is 60.9 Å². The number of nitrogens with one attached hydrogen (secondary N) is 1. The van der Waals surface area contributed by atoms with Crippen LogP contribution in [0, 0.1) is 5.92 Å². The number of hydrogen-bond acceptors (Lipinski definition) is 4. The first kappa shape index (κ1) is 15.5. The van der Waals surface area contributed by atoms with Crippen molar-refractivity contribution in [3.8, 4) is 0 Å². The van der Waals surface area contributed by atoms with Crippen molar-refractivity contribution < 1.29 is 9.59 Å². The van der Waals surface area contributed by atoms with Gasteiger partial charge in [-0.05, 0) is 43.3 Å². The van der Waals surface area contributed by atoms with E-state index in [4.69, 9.17) is 0 Å². The van der Waals surface area contributed by atoms with Gasteiger partial charge in [-0.2, -0.15) is 0 Å². The van der Waals surface area contributed by atoms with Gasteiger partial charge in [-0.3, -0.25) is 9.59 Å². The molecule has 0 atom stereocenters. The average molecular weight is 321 g/mol. The molecule has 0 aliphatic carbocycles. The number of nitrogens with zero attached hydrogens (tertiary/aromatic N) is 2. The van der Waals surface area contributed by atoms with E-state index in [-0.39, 0.29) is 11.8 Å². The van der Waals surface area contributed by atoms with E-state index in [1.165, 1.54) is 11.3 Å². The lowest BCUT2D eigenvalue weighted by Crippen LogP contribution is -2.50. The summed E-state index contributed by atoms with van der Waals surface area (Å²) in [7, 11) is 0. The Kier molecular flexibility index (Phi) is 5.10. The van der Waals surface area contributed by atoms with Gasteiger partial charge in [0.15, 0.2) is 0 Å². The Morgan fingerprint density at radius 3 is 2.45 bits per heavy atom. The topological polar surface area (TPSA) is 52.7 Å². The van der Waals surface area contributed by atoms with Crippen molar-refractivity contribution in [3.05, 3.63) is 22.4 Å². The highest BCUT2D eigenvalue weighted by Gasteiger charge is 2.26. The molecule has 1 aromatic heterocycles. The minimum atomic E-state index is 0.0976. The van der Waals surface area contributed by atoms with Crippen molar-refractivity contribution in [1.29, 1.82) is 0 Å². The van der Waals surface area contributed by atoms with E-state index in [1.54, 1.807) is 0 Å². The predicted octanol–water partition coefficient (Wildman–Crippen LogP) is 1.42. The molecule has 2 aliphatic rings. The summed E-state index contributed by atoms with van der Waals surface area (Å²) in [6.45, 7) is 4.69. The minimum Gasteiger partial charge on any atom is -0.339 e. The van der Waals surface area contributed by atoms with Crippen molar-refractivity contribution in [2.75, 3.05) is 39.3 Å². The maximum absolute atomic E-state index is 12.4. The highest BCUT2D eigenvalue weighted by molar-refractivity contribution is 7.12. The van der Waals surface area contributed by atoms with Gasteiger partial charge in [0.25, 0.3) is 5.91 Å². The van der Waals surface area contributed by atoms with Crippen LogP contribution in [0.25, 0.3) is 0 Å². The monoisotopic (exact) mass is 321 g/mol. The second-order valence-corrected chi connectivity index (χ2v) is 7.00. The summed E-state index contributed by atoms with van der Waals surface area (Å²) in [6, 6.07) is 3.76. The third-order valence-electron chi connectivity index (χ3n) is 4.57. The van der Waals surface area contributed by atoms with Gasteiger partial charge in [0.1, 0.15) is 0 Å². The summed E-state index contributed by atoms with van der Waals surface area (Å²) < 4.78 is 0. The van der Waals surface area contributed by atoms with Crippen LogP contribution in [0.2, 0.25) is 0 Å². The number of amides is 2. The van der Waals surface area contributed by atoms with E-state index in [1.807, 2.05) is 27.3 Å². The molecule has 0 unspecified atom stereocenters. The van der Waals surface area contributed by atoms with Crippen LogP contribution in [-0.2, 0) is 4.79 Å². The Balaban J connectivity index is 1.46. The quantitative estimate of drug-likeness (QED) is 0.916. The fourth-order valence-corrected chi connectivity index (χ4v) is 3.87. The van der Waals surface area contributed by atoms with Crippen molar-refractivity contribution in [2.24, 2.45) is 5.92 Å². The van der Waals surface area contributed by atoms with Crippen LogP contribution in [0.4, 0.5) is 0 Å². The summed E-state index contributed by atoms with van der Waals surface area (Å²) in [4.78, 5) is 29.2. The number of hydrogen-bond donors (Lipinski definition) is 1. The second-order valence-electron chi connectivity index (χ2n) is 6.05. The van der Waals surface area contributed by atoms with Crippen molar-refractivity contribution >= 4 is 23.2 Å². The fraction of sp³-hybridized carbons (Fsp3) is 0.625. The van der Waals surface area contributed by atoms with Crippen LogP contribution >= 0.6 is 11.3 Å². The average Bonchev–Trinajstić information content (AvgIpc) is 3.10. The molecule has 1 N–H and O–H groups in total. The van der Waals surface area contributed by atoms with Gasteiger partial charge in [-0.1, -0.05) is 6.07 Å². The predicted molar refractivity (Wildman–Crippen MR) is 87.0 cm³/mol. The molecule has 0 spiro atoms. The lowest BCUT2D eigenvalue weighted by Gasteiger charge is -2.35. The van der Waals surface area contributed by atoms with E-state index in [9.17, 15) is 9.59 Å². The molecule has 0 saturated carbocycles. The summed E-state index contributed by atoms with van der Waals surface area (Å²) in [5, 5.41) is 5.25. The van der Waals surface area contributed by atoms with Crippen molar-refractivity contribution in [3.63, 3.8) is 0 Å². The Morgan fingerprint density at radius 2 is 1.82 bits per heavy atom. The molecule has 0 bridgehead atoms. The number of piperidine rings is 1. The molecular weight excluding hydrogens is 298 g/mol. The van der Waals surface area contributed by atoms with Gasteiger partial charge < -0.3 is 15.1 Å². The zero-order valence-corrected chi connectivity index (χ0v) is 13.6. The standard InChI is InChI=1S/C16H23N3O2S/c20-15(12-13-3-5-17-6-4-13)18-7-9-19(10-8-18)16(21)14-2-1-11-22-14/h1-2,11,13,17H,3-10,12H2. The molecule has 22 heavy (non-hydrogen) atoms. The van der Waals surface area contributed by atoms with Crippen LogP contribution in [0.1, 0.15) is 28.9 Å². The lowest BCUT2D eigenvalue weighted by atomic mass is 9.94. The molecular formula is C16H23N3O2S. The molecule has 3 rings (SSSR count). The molecule has 2 amide bonds. The van der Waals surface area contributed by atoms with Crippen LogP contribution in [0.5, 0.6) is 0 Å². The van der Waals surface area contributed by atoms with Gasteiger partial charge in [-0.15, -0.1) is 11.3 Å². The van der Waals surface area contributed by atoms with E-state index in [0.717, 1.165) is 30.8 Å². The van der Waals surface area contributed by atoms with Gasteiger partial charge in [0, 0.05) is 32.6 Å². The van der Waals surface area contributed by atoms with Gasteiger partial charge in [0.05, 0.1) is 4.88 Å². The number of rotatable bonds is 3. The summed E-state index contributed by atoms with van der Waals surface area (Å²) in [5.74, 6) is 0.884. The molecule has 2 aliphatic heterocycles. The number of thiophene rings is 1. The van der Waals surface area contributed by atoms with Crippen LogP contribution in [0.3, 0.4) is 0 Å². The number of carbonyl (C=O) groups is 2. The number of piperazine rings is 1. The molecule has 6 heteroatoms. The maximum atomic E-state index is 12.4. The second kappa shape index (κ2) is 7.24. The highest BCUT2D eigenvalue weighted by atomic mass is 32.1. The minimum absolute atomic E-state index is 0.0976. The van der Waals surface area contributed by atoms with E-state index in [0.29, 0.717) is 38.5 Å². The summed E-state index contributed by atoms with van der Waals surface area (Å²) in [5.41, 5.74) is 0. The Morgan fingerprint density at radius 1 is 1.14 bits per heavy atom. The number of carbonyl (C=O) groups excluding carboxylic acids is 2. The molecule has 5 nitrogen and oxygen atoms in total. The normalized spacial score (nSPS) is 20.2. The first-order chi connectivity index (χ1) is 10.7. The summed E-state index contributed by atoms with van der Waals surface area (Å²) in [6.07, 6.45) is 2.87. The Bertz CT molecular complexity index is 503. The molecule has 2 saturated heterocycles. The lowest BCUT2D eigenvalue weighted by molar-refractivity contribution is -0.133. The third-order valence-corrected chi connectivity index (χ3v) is 5.43. The van der Waals surface area contributed by atoms with E-state index < -0.39 is 0 Å². The van der Waals surface area contributed by atoms with Crippen LogP contribution < -0.4 is 5.32 Å². The smallest absolute Gasteiger partial charge is 0.264 e. The van der Waals surface area contributed by atoms with E-state index >= 15 is 0 Å². The molecule has 0 radical (unpaired) electrons. The van der Waals surface area contributed by atoms with Gasteiger partial charge in [-0.25, -0.2) is 0 Å². The zero-order chi connectivity index (χ0) is 15.4. The molecule has 2 fully saturated rings.